The zero-order chi connectivity index (χ0) is 15.5. The Morgan fingerprint density at radius 3 is 2.68 bits per heavy atom. The van der Waals surface area contributed by atoms with Crippen LogP contribution in [0.25, 0.3) is 0 Å². The Morgan fingerprint density at radius 2 is 2.09 bits per heavy atom. The van der Waals surface area contributed by atoms with Gasteiger partial charge in [-0.25, -0.2) is 0 Å². The number of anilines is 1. The second-order valence-corrected chi connectivity index (χ2v) is 5.91. The highest BCUT2D eigenvalue weighted by molar-refractivity contribution is 5.92. The molecule has 1 aromatic rings. The second kappa shape index (κ2) is 6.48. The molecular formula is C15H21N3O4. The molecule has 1 N–H and O–H groups in total. The predicted molar refractivity (Wildman–Crippen MR) is 78.1 cm³/mol. The lowest BCUT2D eigenvalue weighted by molar-refractivity contribution is -0.143. The molecule has 120 valence electrons. The van der Waals surface area contributed by atoms with Gasteiger partial charge in [-0.1, -0.05) is 5.16 Å². The molecule has 2 saturated heterocycles. The number of nitrogens with one attached hydrogen (secondary N) is 1. The van der Waals surface area contributed by atoms with Gasteiger partial charge in [0.25, 0.3) is 5.91 Å². The fourth-order valence-corrected chi connectivity index (χ4v) is 2.99. The van der Waals surface area contributed by atoms with Crippen LogP contribution >= 0.6 is 0 Å². The largest absolute Gasteiger partial charge is 0.368 e. The monoisotopic (exact) mass is 307 g/mol. The minimum absolute atomic E-state index is 0.0579. The summed E-state index contributed by atoms with van der Waals surface area (Å²) in [6.07, 6.45) is 2.82. The number of rotatable bonds is 3. The third-order valence-electron chi connectivity index (χ3n) is 4.26. The minimum Gasteiger partial charge on any atom is -0.368 e. The Bertz CT molecular complexity index is 543. The molecule has 1 atom stereocenters. The summed E-state index contributed by atoms with van der Waals surface area (Å²) in [6, 6.07) is 1.69. The van der Waals surface area contributed by atoms with Gasteiger partial charge in [-0.3, -0.25) is 9.59 Å². The van der Waals surface area contributed by atoms with Crippen molar-refractivity contribution in [2.24, 2.45) is 5.92 Å². The quantitative estimate of drug-likeness (QED) is 0.911. The Hall–Kier alpha value is -1.89. The molecule has 2 aliphatic rings. The molecule has 0 bridgehead atoms. The van der Waals surface area contributed by atoms with Crippen LogP contribution in [-0.2, 0) is 14.3 Å². The van der Waals surface area contributed by atoms with Crippen LogP contribution in [0.5, 0.6) is 0 Å². The van der Waals surface area contributed by atoms with E-state index in [9.17, 15) is 9.59 Å². The molecule has 3 rings (SSSR count). The molecule has 7 nitrogen and oxygen atoms in total. The van der Waals surface area contributed by atoms with Gasteiger partial charge in [0.05, 0.1) is 0 Å². The summed E-state index contributed by atoms with van der Waals surface area (Å²) in [5, 5.41) is 6.52. The van der Waals surface area contributed by atoms with Gasteiger partial charge in [-0.05, 0) is 32.6 Å². The number of piperidine rings is 1. The fourth-order valence-electron chi connectivity index (χ4n) is 2.99. The molecule has 0 aromatic carbocycles. The van der Waals surface area contributed by atoms with E-state index < -0.39 is 0 Å². The van der Waals surface area contributed by atoms with Crippen molar-refractivity contribution in [2.45, 2.75) is 38.7 Å². The van der Waals surface area contributed by atoms with Gasteiger partial charge in [0.2, 0.25) is 5.91 Å². The van der Waals surface area contributed by atoms with Gasteiger partial charge in [0, 0.05) is 31.7 Å². The maximum absolute atomic E-state index is 12.2. The van der Waals surface area contributed by atoms with Crippen molar-refractivity contribution in [3.63, 3.8) is 0 Å². The maximum atomic E-state index is 12.2. The Morgan fingerprint density at radius 1 is 1.32 bits per heavy atom. The molecular weight excluding hydrogens is 286 g/mol. The Balaban J connectivity index is 1.48. The summed E-state index contributed by atoms with van der Waals surface area (Å²) in [7, 11) is 0. The number of carbonyl (C=O) groups is 2. The standard InChI is InChI=1S/C15H21N3O4/c1-10-9-13(17-22-10)16-14(19)11-4-6-18(7-5-11)15(20)12-3-2-8-21-12/h9,11-12H,2-8H2,1H3,(H,16,17,19). The number of aromatic nitrogens is 1. The van der Waals surface area contributed by atoms with E-state index in [4.69, 9.17) is 9.26 Å². The number of nitrogens with zero attached hydrogens (tertiary/aromatic N) is 2. The van der Waals surface area contributed by atoms with Gasteiger partial charge < -0.3 is 19.5 Å². The van der Waals surface area contributed by atoms with Crippen LogP contribution in [-0.4, -0.2) is 47.7 Å². The molecule has 0 spiro atoms. The van der Waals surface area contributed by atoms with Crippen molar-refractivity contribution < 1.29 is 18.8 Å². The fraction of sp³-hybridized carbons (Fsp3) is 0.667. The molecule has 0 aliphatic carbocycles. The third kappa shape index (κ3) is 3.30. The summed E-state index contributed by atoms with van der Waals surface area (Å²) >= 11 is 0. The van der Waals surface area contributed by atoms with E-state index in [1.165, 1.54) is 0 Å². The first-order chi connectivity index (χ1) is 10.6. The van der Waals surface area contributed by atoms with E-state index >= 15 is 0 Å². The van der Waals surface area contributed by atoms with Crippen molar-refractivity contribution in [3.05, 3.63) is 11.8 Å². The number of hydrogen-bond acceptors (Lipinski definition) is 5. The van der Waals surface area contributed by atoms with Crippen molar-refractivity contribution >= 4 is 17.6 Å². The highest BCUT2D eigenvalue weighted by atomic mass is 16.5. The first-order valence-electron chi connectivity index (χ1n) is 7.78. The zero-order valence-electron chi connectivity index (χ0n) is 12.7. The Kier molecular flexibility index (Phi) is 4.42. The SMILES string of the molecule is Cc1cc(NC(=O)C2CCN(C(=O)C3CCCO3)CC2)no1. The highest BCUT2D eigenvalue weighted by Crippen LogP contribution is 2.22. The molecule has 3 heterocycles. The van der Waals surface area contributed by atoms with E-state index in [2.05, 4.69) is 10.5 Å². The number of hydrogen-bond donors (Lipinski definition) is 1. The highest BCUT2D eigenvalue weighted by Gasteiger charge is 2.32. The topological polar surface area (TPSA) is 84.7 Å². The maximum Gasteiger partial charge on any atom is 0.251 e. The van der Waals surface area contributed by atoms with E-state index in [1.54, 1.807) is 13.0 Å². The van der Waals surface area contributed by atoms with Crippen molar-refractivity contribution in [1.82, 2.24) is 10.1 Å². The van der Waals surface area contributed by atoms with Gasteiger partial charge in [0.15, 0.2) is 5.82 Å². The number of amides is 2. The van der Waals surface area contributed by atoms with E-state index in [1.807, 2.05) is 4.90 Å². The predicted octanol–water partition coefficient (Wildman–Crippen LogP) is 1.34. The van der Waals surface area contributed by atoms with Crippen LogP contribution in [0.2, 0.25) is 0 Å². The van der Waals surface area contributed by atoms with Gasteiger partial charge >= 0.3 is 0 Å². The Labute approximate surface area is 129 Å². The lowest BCUT2D eigenvalue weighted by atomic mass is 9.95. The molecule has 1 unspecified atom stereocenters. The molecule has 1 aromatic heterocycles. The normalized spacial score (nSPS) is 22.8. The van der Waals surface area contributed by atoms with Crippen LogP contribution in [0, 0.1) is 12.8 Å². The van der Waals surface area contributed by atoms with Crippen LogP contribution in [0.3, 0.4) is 0 Å². The average Bonchev–Trinajstić information content (AvgIpc) is 3.18. The van der Waals surface area contributed by atoms with E-state index in [0.29, 0.717) is 44.1 Å². The summed E-state index contributed by atoms with van der Waals surface area (Å²) in [6.45, 7) is 3.66. The summed E-state index contributed by atoms with van der Waals surface area (Å²) in [4.78, 5) is 26.3. The van der Waals surface area contributed by atoms with Crippen LogP contribution in [0.4, 0.5) is 5.82 Å². The van der Waals surface area contributed by atoms with Crippen LogP contribution in [0.1, 0.15) is 31.4 Å². The molecule has 0 radical (unpaired) electrons. The summed E-state index contributed by atoms with van der Waals surface area (Å²) in [5.74, 6) is 1.03. The average molecular weight is 307 g/mol. The van der Waals surface area contributed by atoms with Crippen molar-refractivity contribution in [2.75, 3.05) is 25.0 Å². The lowest BCUT2D eigenvalue weighted by Gasteiger charge is -2.32. The number of likely N-dealkylation sites (tertiary alicyclic amines) is 1. The second-order valence-electron chi connectivity index (χ2n) is 5.91. The minimum atomic E-state index is -0.275. The molecule has 0 saturated carbocycles. The summed E-state index contributed by atoms with van der Waals surface area (Å²) < 4.78 is 10.4. The number of carbonyl (C=O) groups excluding carboxylic acids is 2. The van der Waals surface area contributed by atoms with Crippen molar-refractivity contribution in [1.29, 1.82) is 0 Å². The van der Waals surface area contributed by atoms with E-state index in [0.717, 1.165) is 12.8 Å². The van der Waals surface area contributed by atoms with Crippen LogP contribution in [0.15, 0.2) is 10.6 Å². The zero-order valence-corrected chi connectivity index (χ0v) is 12.7. The summed E-state index contributed by atoms with van der Waals surface area (Å²) in [5.41, 5.74) is 0. The molecule has 2 amide bonds. The van der Waals surface area contributed by atoms with Gasteiger partial charge in [-0.15, -0.1) is 0 Å². The van der Waals surface area contributed by atoms with Crippen molar-refractivity contribution in [3.8, 4) is 0 Å². The first kappa shape index (κ1) is 15.0. The smallest absolute Gasteiger partial charge is 0.251 e. The first-order valence-corrected chi connectivity index (χ1v) is 7.78. The van der Waals surface area contributed by atoms with Gasteiger partial charge in [0.1, 0.15) is 11.9 Å². The number of ether oxygens (including phenoxy) is 1. The number of aryl methyl sites for hydroxylation is 1. The molecule has 2 aliphatic heterocycles. The molecule has 7 heteroatoms. The van der Waals surface area contributed by atoms with Gasteiger partial charge in [-0.2, -0.15) is 0 Å². The van der Waals surface area contributed by atoms with E-state index in [-0.39, 0.29) is 23.8 Å². The van der Waals surface area contributed by atoms with Crippen LogP contribution < -0.4 is 5.32 Å². The third-order valence-corrected chi connectivity index (χ3v) is 4.26. The molecule has 2 fully saturated rings. The lowest BCUT2D eigenvalue weighted by Crippen LogP contribution is -2.45. The molecule has 22 heavy (non-hydrogen) atoms.